The second-order valence-electron chi connectivity index (χ2n) is 6.04. The van der Waals surface area contributed by atoms with Crippen LogP contribution in [0.1, 0.15) is 17.7 Å². The fraction of sp³-hybridized carbons (Fsp3) is 0.389. The molecule has 2 aromatic rings. The molecule has 1 aliphatic rings. The summed E-state index contributed by atoms with van der Waals surface area (Å²) in [5.74, 6) is 0.326. The number of aromatic hydroxyl groups is 1. The minimum absolute atomic E-state index is 0.0742. The Hall–Kier alpha value is -2.11. The summed E-state index contributed by atoms with van der Waals surface area (Å²) in [5.41, 5.74) is 2.98. The molecule has 1 atom stereocenters. The molecule has 3 rings (SSSR count). The van der Waals surface area contributed by atoms with Gasteiger partial charge in [0.25, 0.3) is 0 Å². The second-order valence-corrected chi connectivity index (χ2v) is 6.04. The number of nitrogens with zero attached hydrogens (tertiary/aromatic N) is 3. The van der Waals surface area contributed by atoms with Crippen LogP contribution in [0.3, 0.4) is 0 Å². The van der Waals surface area contributed by atoms with Gasteiger partial charge in [-0.15, -0.1) is 0 Å². The molecule has 2 heterocycles. The van der Waals surface area contributed by atoms with Gasteiger partial charge in [-0.1, -0.05) is 18.2 Å². The van der Waals surface area contributed by atoms with Crippen LogP contribution in [0.5, 0.6) is 5.75 Å². The number of pyridine rings is 1. The molecule has 23 heavy (non-hydrogen) atoms. The molecule has 122 valence electrons. The number of aliphatic hydroxyl groups is 1. The summed E-state index contributed by atoms with van der Waals surface area (Å²) in [7, 11) is 2.01. The molecular weight excluding hydrogens is 290 g/mol. The van der Waals surface area contributed by atoms with Crippen LogP contribution in [0.4, 0.5) is 5.69 Å². The van der Waals surface area contributed by atoms with Crippen LogP contribution < -0.4 is 4.90 Å². The number of phenolic OH excluding ortho intramolecular Hbond substituents is 1. The van der Waals surface area contributed by atoms with Gasteiger partial charge in [0.1, 0.15) is 5.75 Å². The van der Waals surface area contributed by atoms with E-state index in [9.17, 15) is 10.2 Å². The SMILES string of the molecule is CN1c2cccnc2CN(Cc2ccccc2O)CC[C@H]1CO. The molecule has 0 saturated heterocycles. The van der Waals surface area contributed by atoms with E-state index >= 15 is 0 Å². The van der Waals surface area contributed by atoms with Crippen molar-refractivity contribution in [3.63, 3.8) is 0 Å². The van der Waals surface area contributed by atoms with Crippen molar-refractivity contribution in [3.8, 4) is 5.75 Å². The third kappa shape index (κ3) is 3.46. The van der Waals surface area contributed by atoms with Crippen molar-refractivity contribution in [1.82, 2.24) is 9.88 Å². The van der Waals surface area contributed by atoms with E-state index in [2.05, 4.69) is 20.9 Å². The average Bonchev–Trinajstić information content (AvgIpc) is 2.56. The van der Waals surface area contributed by atoms with Crippen LogP contribution in [-0.2, 0) is 13.1 Å². The molecule has 1 aliphatic heterocycles. The monoisotopic (exact) mass is 313 g/mol. The molecule has 0 saturated carbocycles. The third-order valence-corrected chi connectivity index (χ3v) is 4.54. The fourth-order valence-electron chi connectivity index (χ4n) is 3.12. The van der Waals surface area contributed by atoms with E-state index in [1.54, 1.807) is 12.3 Å². The molecule has 0 radical (unpaired) electrons. The lowest BCUT2D eigenvalue weighted by molar-refractivity contribution is 0.203. The maximum Gasteiger partial charge on any atom is 0.120 e. The summed E-state index contributed by atoms with van der Waals surface area (Å²) in [6, 6.07) is 11.5. The summed E-state index contributed by atoms with van der Waals surface area (Å²) in [5, 5.41) is 19.7. The van der Waals surface area contributed by atoms with E-state index in [4.69, 9.17) is 0 Å². The molecule has 0 spiro atoms. The Morgan fingerprint density at radius 3 is 2.83 bits per heavy atom. The van der Waals surface area contributed by atoms with Crippen LogP contribution in [0.15, 0.2) is 42.6 Å². The standard InChI is InChI=1S/C18H23N3O2/c1-20-15(13-22)8-10-21(11-14-5-2-3-7-18(14)23)12-16-17(20)6-4-9-19-16/h2-7,9,15,22-23H,8,10-13H2,1H3/t15-/m0/s1. The third-order valence-electron chi connectivity index (χ3n) is 4.54. The van der Waals surface area contributed by atoms with E-state index in [0.717, 1.165) is 36.5 Å². The first-order chi connectivity index (χ1) is 11.2. The summed E-state index contributed by atoms with van der Waals surface area (Å²) in [6.45, 7) is 2.37. The molecule has 0 fully saturated rings. The highest BCUT2D eigenvalue weighted by atomic mass is 16.3. The van der Waals surface area contributed by atoms with Crippen LogP contribution in [0, 0.1) is 0 Å². The molecule has 0 bridgehead atoms. The van der Waals surface area contributed by atoms with Gasteiger partial charge in [-0.2, -0.15) is 0 Å². The molecule has 2 N–H and O–H groups in total. The van der Waals surface area contributed by atoms with Crippen LogP contribution in [-0.4, -0.2) is 46.3 Å². The van der Waals surface area contributed by atoms with E-state index < -0.39 is 0 Å². The predicted octanol–water partition coefficient (Wildman–Crippen LogP) is 1.99. The largest absolute Gasteiger partial charge is 0.508 e. The van der Waals surface area contributed by atoms with Crippen LogP contribution >= 0.6 is 0 Å². The Morgan fingerprint density at radius 1 is 1.22 bits per heavy atom. The number of phenols is 1. The molecule has 0 amide bonds. The van der Waals surface area contributed by atoms with Crippen molar-refractivity contribution < 1.29 is 10.2 Å². The number of fused-ring (bicyclic) bond motifs is 1. The highest BCUT2D eigenvalue weighted by Gasteiger charge is 2.23. The summed E-state index contributed by atoms with van der Waals surface area (Å²) in [6.07, 6.45) is 2.68. The Balaban J connectivity index is 1.87. The number of para-hydroxylation sites is 1. The minimum Gasteiger partial charge on any atom is -0.508 e. The van der Waals surface area contributed by atoms with Gasteiger partial charge in [-0.25, -0.2) is 0 Å². The fourth-order valence-corrected chi connectivity index (χ4v) is 3.12. The van der Waals surface area contributed by atoms with Crippen molar-refractivity contribution in [2.45, 2.75) is 25.6 Å². The van der Waals surface area contributed by atoms with Gasteiger partial charge in [0, 0.05) is 38.4 Å². The van der Waals surface area contributed by atoms with E-state index in [1.807, 2.05) is 31.3 Å². The van der Waals surface area contributed by atoms with E-state index in [1.165, 1.54) is 0 Å². The van der Waals surface area contributed by atoms with Crippen molar-refractivity contribution in [2.75, 3.05) is 25.1 Å². The smallest absolute Gasteiger partial charge is 0.120 e. The minimum atomic E-state index is 0.0742. The predicted molar refractivity (Wildman–Crippen MR) is 90.4 cm³/mol. The number of likely N-dealkylation sites (N-methyl/N-ethyl adjacent to an activating group) is 1. The zero-order valence-electron chi connectivity index (χ0n) is 13.4. The number of aromatic nitrogens is 1. The quantitative estimate of drug-likeness (QED) is 0.907. The van der Waals surface area contributed by atoms with Gasteiger partial charge in [0.15, 0.2) is 0 Å². The Kier molecular flexibility index (Phi) is 4.79. The number of rotatable bonds is 3. The zero-order chi connectivity index (χ0) is 16.2. The first kappa shape index (κ1) is 15.8. The first-order valence-corrected chi connectivity index (χ1v) is 7.96. The van der Waals surface area contributed by atoms with E-state index in [-0.39, 0.29) is 12.6 Å². The number of hydrogen-bond donors (Lipinski definition) is 2. The lowest BCUT2D eigenvalue weighted by Crippen LogP contribution is -2.41. The molecule has 5 heteroatoms. The highest BCUT2D eigenvalue weighted by Crippen LogP contribution is 2.26. The Labute approximate surface area is 136 Å². The van der Waals surface area contributed by atoms with Crippen molar-refractivity contribution in [1.29, 1.82) is 0 Å². The first-order valence-electron chi connectivity index (χ1n) is 7.96. The zero-order valence-corrected chi connectivity index (χ0v) is 13.4. The van der Waals surface area contributed by atoms with Crippen molar-refractivity contribution in [2.24, 2.45) is 0 Å². The number of hydrogen-bond acceptors (Lipinski definition) is 5. The molecule has 0 aliphatic carbocycles. The van der Waals surface area contributed by atoms with Crippen LogP contribution in [0.2, 0.25) is 0 Å². The number of anilines is 1. The molecule has 1 aromatic heterocycles. The van der Waals surface area contributed by atoms with Gasteiger partial charge in [-0.05, 0) is 24.6 Å². The average molecular weight is 313 g/mol. The normalized spacial score (nSPS) is 19.0. The lowest BCUT2D eigenvalue weighted by Gasteiger charge is -2.35. The maximum atomic E-state index is 10.0. The van der Waals surface area contributed by atoms with Crippen molar-refractivity contribution >= 4 is 5.69 Å². The Morgan fingerprint density at radius 2 is 2.04 bits per heavy atom. The Bertz CT molecular complexity index is 662. The highest BCUT2D eigenvalue weighted by molar-refractivity contribution is 5.51. The number of benzene rings is 1. The topological polar surface area (TPSA) is 59.8 Å². The van der Waals surface area contributed by atoms with Gasteiger partial charge in [0.05, 0.1) is 24.0 Å². The molecular formula is C18H23N3O2. The lowest BCUT2D eigenvalue weighted by atomic mass is 10.1. The molecule has 5 nitrogen and oxygen atoms in total. The van der Waals surface area contributed by atoms with E-state index in [0.29, 0.717) is 12.3 Å². The van der Waals surface area contributed by atoms with Gasteiger partial charge in [-0.3, -0.25) is 9.88 Å². The van der Waals surface area contributed by atoms with Gasteiger partial charge >= 0.3 is 0 Å². The second kappa shape index (κ2) is 6.98. The summed E-state index contributed by atoms with van der Waals surface area (Å²) < 4.78 is 0. The summed E-state index contributed by atoms with van der Waals surface area (Å²) >= 11 is 0. The number of aliphatic hydroxyl groups excluding tert-OH is 1. The maximum absolute atomic E-state index is 10.0. The summed E-state index contributed by atoms with van der Waals surface area (Å²) in [4.78, 5) is 8.93. The van der Waals surface area contributed by atoms with Gasteiger partial charge < -0.3 is 15.1 Å². The molecule has 0 unspecified atom stereocenters. The molecule has 1 aromatic carbocycles. The van der Waals surface area contributed by atoms with Crippen molar-refractivity contribution in [3.05, 3.63) is 53.9 Å². The van der Waals surface area contributed by atoms with Crippen LogP contribution in [0.25, 0.3) is 0 Å². The van der Waals surface area contributed by atoms with Gasteiger partial charge in [0.2, 0.25) is 0 Å².